The van der Waals surface area contributed by atoms with Crippen LogP contribution < -0.4 is 10.2 Å². The summed E-state index contributed by atoms with van der Waals surface area (Å²) < 4.78 is 52.1. The first-order valence-corrected chi connectivity index (χ1v) is 8.71. The van der Waals surface area contributed by atoms with Gasteiger partial charge in [0.05, 0.1) is 5.52 Å². The standard InChI is InChI=1S/C18H16F4N6/c19-11-1-2-14-13(7-11)17(26-9-23-14)27-12-3-5-28(6-4-12)16-8-15(18(20,21)22)24-10-25-16/h1-2,7-10,12H,3-6H2,(H,23,26,27). The molecule has 6 nitrogen and oxygen atoms in total. The molecule has 0 bridgehead atoms. The summed E-state index contributed by atoms with van der Waals surface area (Å²) in [5, 5.41) is 3.89. The van der Waals surface area contributed by atoms with Crippen molar-refractivity contribution >= 4 is 22.5 Å². The number of piperidine rings is 1. The highest BCUT2D eigenvalue weighted by atomic mass is 19.4. The maximum atomic E-state index is 13.6. The van der Waals surface area contributed by atoms with E-state index >= 15 is 0 Å². The summed E-state index contributed by atoms with van der Waals surface area (Å²) in [6.07, 6.45) is -0.805. The first-order chi connectivity index (χ1) is 13.4. The van der Waals surface area contributed by atoms with Crippen molar-refractivity contribution in [2.45, 2.75) is 25.1 Å². The number of halogens is 4. The van der Waals surface area contributed by atoms with Crippen LogP contribution >= 0.6 is 0 Å². The minimum Gasteiger partial charge on any atom is -0.367 e. The van der Waals surface area contributed by atoms with E-state index in [-0.39, 0.29) is 17.7 Å². The number of anilines is 2. The van der Waals surface area contributed by atoms with Gasteiger partial charge >= 0.3 is 6.18 Å². The fourth-order valence-corrected chi connectivity index (χ4v) is 3.27. The maximum absolute atomic E-state index is 13.6. The molecular formula is C18H16F4N6. The Morgan fingerprint density at radius 3 is 2.46 bits per heavy atom. The first kappa shape index (κ1) is 18.3. The molecule has 0 aliphatic carbocycles. The number of fused-ring (bicyclic) bond motifs is 1. The number of benzene rings is 1. The summed E-state index contributed by atoms with van der Waals surface area (Å²) in [5.41, 5.74) is -0.316. The highest BCUT2D eigenvalue weighted by molar-refractivity contribution is 5.88. The summed E-state index contributed by atoms with van der Waals surface area (Å²) in [4.78, 5) is 17.4. The predicted octanol–water partition coefficient (Wildman–Crippen LogP) is 3.66. The smallest absolute Gasteiger partial charge is 0.367 e. The SMILES string of the molecule is Fc1ccc2ncnc(NC3CCN(c4cc(C(F)(F)F)ncn4)CC3)c2c1. The molecule has 3 aromatic rings. The fourth-order valence-electron chi connectivity index (χ4n) is 3.27. The van der Waals surface area contributed by atoms with E-state index in [0.717, 1.165) is 12.4 Å². The molecule has 28 heavy (non-hydrogen) atoms. The zero-order valence-corrected chi connectivity index (χ0v) is 14.6. The molecular weight excluding hydrogens is 376 g/mol. The van der Waals surface area contributed by atoms with E-state index in [1.807, 2.05) is 0 Å². The number of hydrogen-bond donors (Lipinski definition) is 1. The average Bonchev–Trinajstić information content (AvgIpc) is 2.68. The van der Waals surface area contributed by atoms with Crippen LogP contribution in [0, 0.1) is 5.82 Å². The second-order valence-electron chi connectivity index (χ2n) is 6.55. The Morgan fingerprint density at radius 1 is 0.964 bits per heavy atom. The van der Waals surface area contributed by atoms with Crippen LogP contribution in [-0.4, -0.2) is 39.1 Å². The Bertz CT molecular complexity index is 985. The average molecular weight is 392 g/mol. The molecule has 0 saturated carbocycles. The number of aromatic nitrogens is 4. The van der Waals surface area contributed by atoms with Crippen LogP contribution in [0.2, 0.25) is 0 Å². The van der Waals surface area contributed by atoms with E-state index in [9.17, 15) is 17.6 Å². The van der Waals surface area contributed by atoms with Crippen molar-refractivity contribution < 1.29 is 17.6 Å². The molecule has 1 fully saturated rings. The van der Waals surface area contributed by atoms with Gasteiger partial charge in [0.2, 0.25) is 0 Å². The van der Waals surface area contributed by atoms with E-state index in [1.54, 1.807) is 11.0 Å². The number of hydrogen-bond acceptors (Lipinski definition) is 6. The quantitative estimate of drug-likeness (QED) is 0.687. The molecule has 1 aliphatic heterocycles. The van der Waals surface area contributed by atoms with Gasteiger partial charge in [0.15, 0.2) is 0 Å². The molecule has 0 atom stereocenters. The predicted molar refractivity (Wildman–Crippen MR) is 95.4 cm³/mol. The highest BCUT2D eigenvalue weighted by Gasteiger charge is 2.33. The maximum Gasteiger partial charge on any atom is 0.433 e. The zero-order valence-electron chi connectivity index (χ0n) is 14.6. The molecule has 0 spiro atoms. The molecule has 1 N–H and O–H groups in total. The molecule has 146 valence electrons. The molecule has 0 unspecified atom stereocenters. The summed E-state index contributed by atoms with van der Waals surface area (Å²) in [5.74, 6) is 0.434. The molecule has 10 heteroatoms. The molecule has 4 rings (SSSR count). The van der Waals surface area contributed by atoms with Gasteiger partial charge in [-0.2, -0.15) is 13.2 Å². The van der Waals surface area contributed by atoms with Crippen LogP contribution in [0.1, 0.15) is 18.5 Å². The molecule has 2 aromatic heterocycles. The normalized spacial score (nSPS) is 15.8. The second kappa shape index (κ2) is 7.17. The Balaban J connectivity index is 1.45. The highest BCUT2D eigenvalue weighted by Crippen LogP contribution is 2.30. The van der Waals surface area contributed by atoms with Crippen LogP contribution in [0.4, 0.5) is 29.2 Å². The van der Waals surface area contributed by atoms with Crippen molar-refractivity contribution in [1.29, 1.82) is 0 Å². The minimum atomic E-state index is -4.50. The fraction of sp³-hybridized carbons (Fsp3) is 0.333. The third-order valence-electron chi connectivity index (χ3n) is 4.70. The van der Waals surface area contributed by atoms with Gasteiger partial charge in [-0.25, -0.2) is 24.3 Å². The lowest BCUT2D eigenvalue weighted by atomic mass is 10.0. The van der Waals surface area contributed by atoms with Crippen LogP contribution in [0.25, 0.3) is 10.9 Å². The van der Waals surface area contributed by atoms with Crippen LogP contribution in [-0.2, 0) is 6.18 Å². The molecule has 1 aromatic carbocycles. The van der Waals surface area contributed by atoms with Crippen molar-refractivity contribution in [3.63, 3.8) is 0 Å². The van der Waals surface area contributed by atoms with Crippen LogP contribution in [0.3, 0.4) is 0 Å². The van der Waals surface area contributed by atoms with Crippen molar-refractivity contribution in [3.05, 3.63) is 48.4 Å². The lowest BCUT2D eigenvalue weighted by Crippen LogP contribution is -2.39. The summed E-state index contributed by atoms with van der Waals surface area (Å²) >= 11 is 0. The summed E-state index contributed by atoms with van der Waals surface area (Å²) in [7, 11) is 0. The number of rotatable bonds is 3. The van der Waals surface area contributed by atoms with Gasteiger partial charge in [-0.3, -0.25) is 0 Å². The van der Waals surface area contributed by atoms with E-state index in [4.69, 9.17) is 0 Å². The van der Waals surface area contributed by atoms with E-state index < -0.39 is 11.9 Å². The van der Waals surface area contributed by atoms with Crippen molar-refractivity contribution in [2.75, 3.05) is 23.3 Å². The molecule has 0 radical (unpaired) electrons. The van der Waals surface area contributed by atoms with Gasteiger partial charge in [0, 0.05) is 30.6 Å². The number of nitrogens with one attached hydrogen (secondary N) is 1. The van der Waals surface area contributed by atoms with Crippen LogP contribution in [0.15, 0.2) is 36.9 Å². The molecule has 3 heterocycles. The third-order valence-corrected chi connectivity index (χ3v) is 4.70. The molecule has 1 saturated heterocycles. The summed E-state index contributed by atoms with van der Waals surface area (Å²) in [6, 6.07) is 5.34. The van der Waals surface area contributed by atoms with Crippen molar-refractivity contribution in [1.82, 2.24) is 19.9 Å². The van der Waals surface area contributed by atoms with Gasteiger partial charge in [-0.1, -0.05) is 0 Å². The lowest BCUT2D eigenvalue weighted by Gasteiger charge is -2.33. The van der Waals surface area contributed by atoms with Gasteiger partial charge in [0.25, 0.3) is 0 Å². The Hall–Kier alpha value is -3.04. The van der Waals surface area contributed by atoms with Crippen molar-refractivity contribution in [2.24, 2.45) is 0 Å². The minimum absolute atomic E-state index is 0.0570. The number of nitrogens with zero attached hydrogens (tertiary/aromatic N) is 5. The first-order valence-electron chi connectivity index (χ1n) is 8.71. The Labute approximate surface area is 157 Å². The molecule has 0 amide bonds. The van der Waals surface area contributed by atoms with Gasteiger partial charge in [-0.05, 0) is 31.0 Å². The topological polar surface area (TPSA) is 66.8 Å². The van der Waals surface area contributed by atoms with E-state index in [1.165, 1.54) is 18.5 Å². The number of alkyl halides is 3. The monoisotopic (exact) mass is 392 g/mol. The van der Waals surface area contributed by atoms with Gasteiger partial charge in [0.1, 0.15) is 35.8 Å². The van der Waals surface area contributed by atoms with Crippen molar-refractivity contribution in [3.8, 4) is 0 Å². The largest absolute Gasteiger partial charge is 0.433 e. The molecule has 1 aliphatic rings. The van der Waals surface area contributed by atoms with Crippen LogP contribution in [0.5, 0.6) is 0 Å². The lowest BCUT2D eigenvalue weighted by molar-refractivity contribution is -0.141. The zero-order chi connectivity index (χ0) is 19.7. The van der Waals surface area contributed by atoms with Gasteiger partial charge in [-0.15, -0.1) is 0 Å². The Morgan fingerprint density at radius 2 is 1.71 bits per heavy atom. The third kappa shape index (κ3) is 3.80. The van der Waals surface area contributed by atoms with E-state index in [0.29, 0.717) is 42.7 Å². The summed E-state index contributed by atoms with van der Waals surface area (Å²) in [6.45, 7) is 1.06. The van der Waals surface area contributed by atoms with E-state index in [2.05, 4.69) is 25.3 Å². The second-order valence-corrected chi connectivity index (χ2v) is 6.55. The Kier molecular flexibility index (Phi) is 4.70. The van der Waals surface area contributed by atoms with Gasteiger partial charge < -0.3 is 10.2 Å².